The first-order valence-corrected chi connectivity index (χ1v) is 23.8. The van der Waals surface area contributed by atoms with Gasteiger partial charge in [-0.05, 0) is 104 Å². The van der Waals surface area contributed by atoms with Gasteiger partial charge >= 0.3 is 0 Å². The van der Waals surface area contributed by atoms with Crippen LogP contribution >= 0.6 is 0 Å². The second kappa shape index (κ2) is 16.7. The first-order valence-electron chi connectivity index (χ1n) is 23.8. The van der Waals surface area contributed by atoms with Crippen molar-refractivity contribution in [2.45, 2.75) is 5.41 Å². The Hall–Kier alpha value is -8.98. The van der Waals surface area contributed by atoms with Gasteiger partial charge in [-0.1, -0.05) is 231 Å². The van der Waals surface area contributed by atoms with Crippen molar-refractivity contribution >= 4 is 38.9 Å². The maximum atomic E-state index is 2.53. The van der Waals surface area contributed by atoms with E-state index >= 15 is 0 Å². The van der Waals surface area contributed by atoms with Crippen LogP contribution in [0.5, 0.6) is 0 Å². The van der Waals surface area contributed by atoms with E-state index in [1.165, 1.54) is 77.6 Å². The highest BCUT2D eigenvalue weighted by Crippen LogP contribution is 2.58. The van der Waals surface area contributed by atoms with Crippen molar-refractivity contribution in [1.29, 1.82) is 0 Å². The van der Waals surface area contributed by atoms with Crippen molar-refractivity contribution in [1.82, 2.24) is 4.57 Å². The van der Waals surface area contributed by atoms with Crippen LogP contribution in [0.25, 0.3) is 72.0 Å². The first-order chi connectivity index (χ1) is 34.3. The Balaban J connectivity index is 1.04. The van der Waals surface area contributed by atoms with Crippen molar-refractivity contribution in [3.63, 3.8) is 0 Å². The van der Waals surface area contributed by atoms with Crippen LogP contribution < -0.4 is 4.90 Å². The molecule has 1 aromatic heterocycles. The van der Waals surface area contributed by atoms with E-state index in [0.29, 0.717) is 0 Å². The Morgan fingerprint density at radius 3 is 1.45 bits per heavy atom. The zero-order chi connectivity index (χ0) is 45.7. The molecule has 1 aliphatic rings. The number of nitrogens with zero attached hydrogens (tertiary/aromatic N) is 2. The van der Waals surface area contributed by atoms with Gasteiger partial charge in [0.1, 0.15) is 0 Å². The maximum absolute atomic E-state index is 2.53. The van der Waals surface area contributed by atoms with Crippen molar-refractivity contribution in [2.75, 3.05) is 4.90 Å². The molecule has 0 aliphatic heterocycles. The first kappa shape index (κ1) is 40.3. The van der Waals surface area contributed by atoms with Crippen LogP contribution in [-0.2, 0) is 5.41 Å². The lowest BCUT2D eigenvalue weighted by Gasteiger charge is -2.34. The molecule has 324 valence electrons. The minimum absolute atomic E-state index is 0.508. The van der Waals surface area contributed by atoms with E-state index in [0.717, 1.165) is 33.7 Å². The van der Waals surface area contributed by atoms with Gasteiger partial charge in [0.05, 0.1) is 27.8 Å². The largest absolute Gasteiger partial charge is 0.310 e. The highest BCUT2D eigenvalue weighted by Gasteiger charge is 2.47. The Kier molecular flexibility index (Phi) is 9.77. The molecule has 2 heteroatoms. The molecule has 13 rings (SSSR count). The normalized spacial score (nSPS) is 12.5. The summed E-state index contributed by atoms with van der Waals surface area (Å²) in [6.07, 6.45) is 0. The fourth-order valence-electron chi connectivity index (χ4n) is 11.3. The molecule has 69 heavy (non-hydrogen) atoms. The van der Waals surface area contributed by atoms with E-state index in [1.807, 2.05) is 0 Å². The lowest BCUT2D eigenvalue weighted by Crippen LogP contribution is -2.28. The van der Waals surface area contributed by atoms with Crippen molar-refractivity contribution in [3.05, 3.63) is 301 Å². The summed E-state index contributed by atoms with van der Waals surface area (Å²) in [7, 11) is 0. The predicted molar refractivity (Wildman–Crippen MR) is 289 cm³/mol. The summed E-state index contributed by atoms with van der Waals surface area (Å²) in [5.41, 5.74) is 20.9. The number of fused-ring (bicyclic) bond motifs is 6. The smallest absolute Gasteiger partial charge is 0.0714 e. The fourth-order valence-corrected chi connectivity index (χ4v) is 11.3. The van der Waals surface area contributed by atoms with E-state index < -0.39 is 5.41 Å². The Morgan fingerprint density at radius 2 is 0.797 bits per heavy atom. The van der Waals surface area contributed by atoms with E-state index in [1.54, 1.807) is 0 Å². The lowest BCUT2D eigenvalue weighted by atomic mass is 9.68. The van der Waals surface area contributed by atoms with Crippen molar-refractivity contribution in [2.24, 2.45) is 0 Å². The van der Waals surface area contributed by atoms with E-state index in [2.05, 4.69) is 289 Å². The summed E-state index contributed by atoms with van der Waals surface area (Å²) in [5.74, 6) is 0. The number of para-hydroxylation sites is 2. The maximum Gasteiger partial charge on any atom is 0.0714 e. The molecular formula is C67H46N2. The summed E-state index contributed by atoms with van der Waals surface area (Å²) in [6.45, 7) is 0. The molecule has 0 fully saturated rings. The summed E-state index contributed by atoms with van der Waals surface area (Å²) >= 11 is 0. The quantitative estimate of drug-likeness (QED) is 0.140. The minimum atomic E-state index is -0.508. The molecule has 1 aliphatic carbocycles. The summed E-state index contributed by atoms with van der Waals surface area (Å²) < 4.78 is 2.53. The van der Waals surface area contributed by atoms with Gasteiger partial charge in [0.15, 0.2) is 0 Å². The number of benzene rings is 11. The molecule has 2 nitrogen and oxygen atoms in total. The third-order valence-corrected chi connectivity index (χ3v) is 14.3. The second-order valence-corrected chi connectivity index (χ2v) is 18.0. The average molecular weight is 879 g/mol. The number of anilines is 3. The predicted octanol–water partition coefficient (Wildman–Crippen LogP) is 17.6. The van der Waals surface area contributed by atoms with Crippen LogP contribution in [0, 0.1) is 0 Å². The van der Waals surface area contributed by atoms with Crippen LogP contribution in [0.4, 0.5) is 17.1 Å². The van der Waals surface area contributed by atoms with Gasteiger partial charge in [-0.2, -0.15) is 0 Å². The molecule has 0 bridgehead atoms. The molecular weight excluding hydrogens is 833 g/mol. The number of rotatable bonds is 9. The third-order valence-electron chi connectivity index (χ3n) is 14.3. The van der Waals surface area contributed by atoms with Gasteiger partial charge in [-0.15, -0.1) is 0 Å². The summed E-state index contributed by atoms with van der Waals surface area (Å²) in [5, 5.41) is 2.45. The van der Waals surface area contributed by atoms with Crippen molar-refractivity contribution in [3.8, 4) is 50.2 Å². The zero-order valence-electron chi connectivity index (χ0n) is 38.0. The molecule has 0 saturated heterocycles. The SMILES string of the molecule is c1ccc(-c2cccc(N(c3cccc(-c4ccccc4)c3)c3ccccc3-c3ccc4c5ccccc5n(-c5cccc6c5-c5ccccc5C6(c5ccccc5)c5ccccc5)c4c3)c2)cc1. The standard InChI is InChI=1S/C67H46N2/c1-5-22-47(23-6-1)49-26-19-32-54(44-49)68(55-33-20-27-50(45-55)48-24-7-2-8-25-48)62-39-17-14-34-56(62)51-42-43-58-57-35-15-18-40-63(57)69(65(58)46-51)64-41-21-38-61-66(64)59-36-13-16-37-60(59)67(61,52-28-9-3-10-29-52)53-30-11-4-12-31-53/h1-46H. The zero-order valence-corrected chi connectivity index (χ0v) is 38.0. The summed E-state index contributed by atoms with van der Waals surface area (Å²) in [4.78, 5) is 2.43. The van der Waals surface area contributed by atoms with Gasteiger partial charge in [0.25, 0.3) is 0 Å². The number of hydrogen-bond donors (Lipinski definition) is 0. The van der Waals surface area contributed by atoms with Crippen LogP contribution in [0.2, 0.25) is 0 Å². The highest BCUT2D eigenvalue weighted by molar-refractivity contribution is 6.11. The van der Waals surface area contributed by atoms with Gasteiger partial charge in [0, 0.05) is 33.3 Å². The van der Waals surface area contributed by atoms with Gasteiger partial charge < -0.3 is 9.47 Å². The van der Waals surface area contributed by atoms with E-state index in [-0.39, 0.29) is 0 Å². The number of aromatic nitrogens is 1. The van der Waals surface area contributed by atoms with Crippen LogP contribution in [0.15, 0.2) is 279 Å². The molecule has 11 aromatic carbocycles. The molecule has 0 saturated carbocycles. The molecule has 0 N–H and O–H groups in total. The Morgan fingerprint density at radius 1 is 0.304 bits per heavy atom. The highest BCUT2D eigenvalue weighted by atomic mass is 15.1. The monoisotopic (exact) mass is 878 g/mol. The molecule has 0 unspecified atom stereocenters. The molecule has 0 radical (unpaired) electrons. The van der Waals surface area contributed by atoms with Crippen LogP contribution in [0.1, 0.15) is 22.3 Å². The molecule has 0 amide bonds. The molecule has 0 spiro atoms. The fraction of sp³-hybridized carbons (Fsp3) is 0.0149. The molecule has 0 atom stereocenters. The lowest BCUT2D eigenvalue weighted by molar-refractivity contribution is 0.768. The molecule has 12 aromatic rings. The Bertz CT molecular complexity index is 3710. The second-order valence-electron chi connectivity index (χ2n) is 18.0. The Labute approximate surface area is 403 Å². The van der Waals surface area contributed by atoms with Gasteiger partial charge in [-0.3, -0.25) is 0 Å². The third kappa shape index (κ3) is 6.56. The van der Waals surface area contributed by atoms with Crippen LogP contribution in [-0.4, -0.2) is 4.57 Å². The molecule has 1 heterocycles. The topological polar surface area (TPSA) is 8.17 Å². The average Bonchev–Trinajstić information content (AvgIpc) is 3.93. The van der Waals surface area contributed by atoms with E-state index in [9.17, 15) is 0 Å². The van der Waals surface area contributed by atoms with Gasteiger partial charge in [-0.25, -0.2) is 0 Å². The van der Waals surface area contributed by atoms with Crippen LogP contribution in [0.3, 0.4) is 0 Å². The van der Waals surface area contributed by atoms with E-state index in [4.69, 9.17) is 0 Å². The number of hydrogen-bond acceptors (Lipinski definition) is 1. The van der Waals surface area contributed by atoms with Crippen molar-refractivity contribution < 1.29 is 0 Å². The summed E-state index contributed by atoms with van der Waals surface area (Å²) in [6, 6.07) is 102. The minimum Gasteiger partial charge on any atom is -0.310 e. The van der Waals surface area contributed by atoms with Gasteiger partial charge in [0.2, 0.25) is 0 Å².